The molecule has 10 nitrogen and oxygen atoms in total. The number of nitrogens with zero attached hydrogens (tertiary/aromatic N) is 1. The molecule has 0 aromatic carbocycles. The van der Waals surface area contributed by atoms with Gasteiger partial charge in [0.1, 0.15) is 16.8 Å². The van der Waals surface area contributed by atoms with Crippen LogP contribution < -0.4 is 5.32 Å². The van der Waals surface area contributed by atoms with Crippen molar-refractivity contribution in [2.75, 3.05) is 0 Å². The van der Waals surface area contributed by atoms with Crippen molar-refractivity contribution in [2.24, 2.45) is 0 Å². The highest BCUT2D eigenvalue weighted by Gasteiger charge is 2.72. The fourth-order valence-electron chi connectivity index (χ4n) is 3.52. The number of fused-ring (bicyclic) bond motifs is 1. The molecule has 1 unspecified atom stereocenters. The van der Waals surface area contributed by atoms with Crippen LogP contribution in [0.1, 0.15) is 25.3 Å². The zero-order valence-electron chi connectivity index (χ0n) is 14.1. The number of carbonyl (C=O) groups is 4. The van der Waals surface area contributed by atoms with Gasteiger partial charge in [-0.25, -0.2) is 13.2 Å². The highest BCUT2D eigenvalue weighted by Crippen LogP contribution is 2.46. The van der Waals surface area contributed by atoms with Gasteiger partial charge in [-0.15, -0.1) is 0 Å². The van der Waals surface area contributed by atoms with E-state index in [2.05, 4.69) is 5.32 Å². The Morgan fingerprint density at radius 1 is 1.30 bits per heavy atom. The molecule has 1 aromatic heterocycles. The van der Waals surface area contributed by atoms with Gasteiger partial charge in [0.05, 0.1) is 0 Å². The minimum atomic E-state index is -4.12. The number of hydrogen-bond donors (Lipinski definition) is 3. The molecule has 0 radical (unpaired) electrons. The first-order chi connectivity index (χ1) is 12.4. The summed E-state index contributed by atoms with van der Waals surface area (Å²) in [4.78, 5) is 48.5. The molecule has 4 atom stereocenters. The van der Waals surface area contributed by atoms with Crippen molar-refractivity contribution in [1.29, 1.82) is 0 Å². The standard InChI is InChI=1S/C15H16N2O8S2/c1-15(2)9(14(22)23)17-11(19)8(12(17)27(15,24)25)16-10(18)7(13(20)21)6-3-4-26-5-6/h3-5,7-9,12H,1-2H3,(H,16,18)(H,20,21)(H,22,23)/t7?,8-,9+,12-/m1/s1. The number of β-lactam (4-membered cyclic amide) rings is 1. The summed E-state index contributed by atoms with van der Waals surface area (Å²) < 4.78 is 23.7. The minimum absolute atomic E-state index is 0.201. The molecule has 3 rings (SSSR count). The van der Waals surface area contributed by atoms with Gasteiger partial charge in [0.15, 0.2) is 21.1 Å². The molecule has 2 aliphatic heterocycles. The molecule has 2 fully saturated rings. The van der Waals surface area contributed by atoms with Crippen LogP contribution in [0, 0.1) is 0 Å². The smallest absolute Gasteiger partial charge is 0.328 e. The molecule has 0 aliphatic carbocycles. The van der Waals surface area contributed by atoms with Gasteiger partial charge in [-0.1, -0.05) is 0 Å². The molecule has 0 saturated carbocycles. The Balaban J connectivity index is 1.90. The Morgan fingerprint density at radius 3 is 2.41 bits per heavy atom. The van der Waals surface area contributed by atoms with Gasteiger partial charge >= 0.3 is 11.9 Å². The first-order valence-corrected chi connectivity index (χ1v) is 10.3. The maximum absolute atomic E-state index is 12.7. The number of carboxylic acids is 2. The average molecular weight is 416 g/mol. The van der Waals surface area contributed by atoms with Crippen molar-refractivity contribution in [3.63, 3.8) is 0 Å². The molecule has 12 heteroatoms. The van der Waals surface area contributed by atoms with Gasteiger partial charge < -0.3 is 20.4 Å². The van der Waals surface area contributed by atoms with E-state index in [-0.39, 0.29) is 5.56 Å². The van der Waals surface area contributed by atoms with E-state index in [0.717, 1.165) is 4.90 Å². The summed E-state index contributed by atoms with van der Waals surface area (Å²) in [6, 6.07) is -1.67. The zero-order valence-corrected chi connectivity index (χ0v) is 15.8. The molecule has 3 N–H and O–H groups in total. The molecule has 0 spiro atoms. The molecule has 27 heavy (non-hydrogen) atoms. The van der Waals surface area contributed by atoms with Crippen molar-refractivity contribution >= 4 is 44.9 Å². The summed E-state index contributed by atoms with van der Waals surface area (Å²) in [5.74, 6) is -6.43. The third kappa shape index (κ3) is 2.54. The van der Waals surface area contributed by atoms with Gasteiger partial charge in [-0.05, 0) is 36.2 Å². The Bertz CT molecular complexity index is 937. The molecule has 1 aromatic rings. The highest BCUT2D eigenvalue weighted by atomic mass is 32.2. The number of rotatable bonds is 5. The molecular weight excluding hydrogens is 400 g/mol. The van der Waals surface area contributed by atoms with E-state index in [9.17, 15) is 37.8 Å². The van der Waals surface area contributed by atoms with Crippen LogP contribution in [0.15, 0.2) is 16.8 Å². The third-order valence-corrected chi connectivity index (χ3v) is 8.51. The second-order valence-corrected chi connectivity index (χ2v) is 10.2. The van der Waals surface area contributed by atoms with Crippen LogP contribution in [0.2, 0.25) is 0 Å². The Morgan fingerprint density at radius 2 is 1.93 bits per heavy atom. The number of amides is 2. The number of carboxylic acid groups (broad SMARTS) is 2. The van der Waals surface area contributed by atoms with E-state index in [0.29, 0.717) is 0 Å². The van der Waals surface area contributed by atoms with Crippen LogP contribution in [0.5, 0.6) is 0 Å². The van der Waals surface area contributed by atoms with Crippen LogP contribution in [0.25, 0.3) is 0 Å². The summed E-state index contributed by atoms with van der Waals surface area (Å²) in [7, 11) is -4.12. The van der Waals surface area contributed by atoms with Crippen LogP contribution in [0.4, 0.5) is 0 Å². The first kappa shape index (κ1) is 19.3. The van der Waals surface area contributed by atoms with E-state index in [1.54, 1.807) is 5.38 Å². The van der Waals surface area contributed by atoms with Crippen LogP contribution in [-0.2, 0) is 29.0 Å². The number of aliphatic carboxylic acids is 2. The summed E-state index contributed by atoms with van der Waals surface area (Å²) in [6.45, 7) is 2.41. The number of sulfone groups is 1. The lowest BCUT2D eigenvalue weighted by atomic mass is 9.95. The van der Waals surface area contributed by atoms with Crippen LogP contribution >= 0.6 is 11.3 Å². The SMILES string of the molecule is CC1(C)[C@H](C(=O)O)N2C(=O)[C@@H](NC(=O)C(C(=O)O)c3ccsc3)[C@H]2S1(=O)=O. The lowest BCUT2D eigenvalue weighted by Gasteiger charge is -2.42. The molecule has 3 heterocycles. The number of thiophene rings is 1. The van der Waals surface area contributed by atoms with E-state index in [1.807, 2.05) is 0 Å². The van der Waals surface area contributed by atoms with Gasteiger partial charge in [-0.2, -0.15) is 11.3 Å². The second kappa shape index (κ2) is 6.02. The molecule has 2 saturated heterocycles. The normalized spacial score (nSPS) is 28.7. The molecule has 0 bridgehead atoms. The van der Waals surface area contributed by atoms with E-state index >= 15 is 0 Å². The number of nitrogens with one attached hydrogen (secondary N) is 1. The lowest BCUT2D eigenvalue weighted by molar-refractivity contribution is -0.161. The number of hydrogen-bond acceptors (Lipinski definition) is 7. The molecule has 146 valence electrons. The maximum atomic E-state index is 12.7. The molecule has 2 aliphatic rings. The monoisotopic (exact) mass is 416 g/mol. The summed E-state index contributed by atoms with van der Waals surface area (Å²) >= 11 is 1.18. The second-order valence-electron chi connectivity index (χ2n) is 6.84. The topological polar surface area (TPSA) is 158 Å². The third-order valence-electron chi connectivity index (χ3n) is 4.99. The Hall–Kier alpha value is -2.47. The van der Waals surface area contributed by atoms with Gasteiger partial charge in [-0.3, -0.25) is 14.4 Å². The lowest BCUT2D eigenvalue weighted by Crippen LogP contribution is -2.72. The summed E-state index contributed by atoms with van der Waals surface area (Å²) in [5.41, 5.74) is 0.201. The average Bonchev–Trinajstić information content (AvgIpc) is 3.09. The Labute approximate surface area is 157 Å². The van der Waals surface area contributed by atoms with Gasteiger partial charge in [0, 0.05) is 0 Å². The quantitative estimate of drug-likeness (QED) is 0.417. The maximum Gasteiger partial charge on any atom is 0.328 e. The first-order valence-electron chi connectivity index (χ1n) is 7.76. The fraction of sp³-hybridized carbons (Fsp3) is 0.467. The van der Waals surface area contributed by atoms with E-state index in [4.69, 9.17) is 0 Å². The van der Waals surface area contributed by atoms with Crippen molar-refractivity contribution in [3.05, 3.63) is 22.4 Å². The van der Waals surface area contributed by atoms with Gasteiger partial charge in [0.2, 0.25) is 11.8 Å². The van der Waals surface area contributed by atoms with Crippen LogP contribution in [-0.4, -0.2) is 69.5 Å². The molecule has 2 amide bonds. The van der Waals surface area contributed by atoms with Crippen LogP contribution in [0.3, 0.4) is 0 Å². The van der Waals surface area contributed by atoms with Crippen molar-refractivity contribution in [3.8, 4) is 0 Å². The minimum Gasteiger partial charge on any atom is -0.480 e. The highest BCUT2D eigenvalue weighted by molar-refractivity contribution is 7.94. The van der Waals surface area contributed by atoms with Gasteiger partial charge in [0.25, 0.3) is 0 Å². The van der Waals surface area contributed by atoms with Crippen molar-refractivity contribution in [1.82, 2.24) is 10.2 Å². The van der Waals surface area contributed by atoms with Crippen molar-refractivity contribution < 1.29 is 37.8 Å². The summed E-state index contributed by atoms with van der Waals surface area (Å²) in [5, 5.41) is 22.4. The predicted octanol–water partition coefficient (Wildman–Crippen LogP) is -0.770. The predicted molar refractivity (Wildman–Crippen MR) is 91.7 cm³/mol. The van der Waals surface area contributed by atoms with Crippen molar-refractivity contribution in [2.45, 2.75) is 42.0 Å². The number of carbonyl (C=O) groups excluding carboxylic acids is 2. The van der Waals surface area contributed by atoms with E-state index < -0.39 is 61.7 Å². The molecular formula is C15H16N2O8S2. The zero-order chi connectivity index (χ0) is 20.3. The Kier molecular flexibility index (Phi) is 4.30. The van der Waals surface area contributed by atoms with E-state index in [1.165, 1.54) is 36.6 Å². The summed E-state index contributed by atoms with van der Waals surface area (Å²) in [6.07, 6.45) is 0. The fourth-order valence-corrected chi connectivity index (χ4v) is 6.42. The largest absolute Gasteiger partial charge is 0.480 e.